The number of primary amides is 1. The van der Waals surface area contributed by atoms with Gasteiger partial charge in [0, 0.05) is 35.1 Å². The van der Waals surface area contributed by atoms with Crippen LogP contribution in [0.5, 0.6) is 0 Å². The zero-order valence-corrected chi connectivity index (χ0v) is 16.7. The molecule has 0 bridgehead atoms. The van der Waals surface area contributed by atoms with Crippen LogP contribution in [0.15, 0.2) is 42.5 Å². The van der Waals surface area contributed by atoms with E-state index in [1.165, 1.54) is 0 Å². The van der Waals surface area contributed by atoms with E-state index >= 15 is 0 Å². The van der Waals surface area contributed by atoms with Crippen molar-refractivity contribution < 1.29 is 14.4 Å². The molecule has 7 heteroatoms. The molecule has 1 saturated heterocycles. The minimum absolute atomic E-state index is 0.0309. The van der Waals surface area contributed by atoms with E-state index in [-0.39, 0.29) is 17.9 Å². The van der Waals surface area contributed by atoms with Gasteiger partial charge in [0.15, 0.2) is 0 Å². The molecule has 1 atom stereocenters. The Kier molecular flexibility index (Phi) is 6.16. The van der Waals surface area contributed by atoms with Crippen LogP contribution in [0.3, 0.4) is 0 Å². The van der Waals surface area contributed by atoms with Crippen LogP contribution in [0.2, 0.25) is 0 Å². The van der Waals surface area contributed by atoms with Crippen LogP contribution in [-0.2, 0) is 0 Å². The number of aryl methyl sites for hydroxylation is 1. The second-order valence-electron chi connectivity index (χ2n) is 7.40. The first kappa shape index (κ1) is 20.4. The second-order valence-corrected chi connectivity index (χ2v) is 7.40. The molecule has 2 aromatic carbocycles. The number of benzene rings is 2. The van der Waals surface area contributed by atoms with Crippen molar-refractivity contribution in [3.05, 3.63) is 59.2 Å². The van der Waals surface area contributed by atoms with E-state index in [2.05, 4.69) is 17.6 Å². The van der Waals surface area contributed by atoms with Crippen molar-refractivity contribution in [2.24, 2.45) is 5.73 Å². The molecule has 1 unspecified atom stereocenters. The number of anilines is 2. The summed E-state index contributed by atoms with van der Waals surface area (Å²) in [5, 5.41) is 5.30. The SMILES string of the molecule is Cc1cc(C(=O)N2CCCCC2C)ccc1NC(=O)c1cccc(NC(N)=O)c1. The molecule has 29 heavy (non-hydrogen) atoms. The maximum Gasteiger partial charge on any atom is 0.316 e. The summed E-state index contributed by atoms with van der Waals surface area (Å²) < 4.78 is 0. The van der Waals surface area contributed by atoms with Gasteiger partial charge in [0.2, 0.25) is 0 Å². The maximum absolute atomic E-state index is 12.8. The summed E-state index contributed by atoms with van der Waals surface area (Å²) in [5.41, 5.74) is 8.01. The van der Waals surface area contributed by atoms with E-state index in [0.29, 0.717) is 22.5 Å². The Morgan fingerprint density at radius 1 is 1.03 bits per heavy atom. The number of nitrogens with two attached hydrogens (primary N) is 1. The molecular weight excluding hydrogens is 368 g/mol. The number of nitrogens with zero attached hydrogens (tertiary/aromatic N) is 1. The lowest BCUT2D eigenvalue weighted by molar-refractivity contribution is 0.0635. The number of carbonyl (C=O) groups excluding carboxylic acids is 3. The zero-order chi connectivity index (χ0) is 21.0. The Morgan fingerprint density at radius 2 is 1.83 bits per heavy atom. The summed E-state index contributed by atoms with van der Waals surface area (Å²) >= 11 is 0. The number of hydrogen-bond donors (Lipinski definition) is 3. The highest BCUT2D eigenvalue weighted by atomic mass is 16.2. The van der Waals surface area contributed by atoms with Gasteiger partial charge in [0.25, 0.3) is 11.8 Å². The number of nitrogens with one attached hydrogen (secondary N) is 2. The molecule has 4 N–H and O–H groups in total. The standard InChI is InChI=1S/C22H26N4O3/c1-14-12-17(21(28)26-11-4-3-6-15(26)2)9-10-19(14)25-20(27)16-7-5-8-18(13-16)24-22(23)29/h5,7-10,12-13,15H,3-4,6,11H2,1-2H3,(H,25,27)(H3,23,24,29). The molecule has 3 rings (SSSR count). The van der Waals surface area contributed by atoms with E-state index in [4.69, 9.17) is 5.73 Å². The van der Waals surface area contributed by atoms with Gasteiger partial charge in [0.1, 0.15) is 0 Å². The molecule has 7 nitrogen and oxygen atoms in total. The van der Waals surface area contributed by atoms with Gasteiger partial charge < -0.3 is 21.3 Å². The molecule has 1 heterocycles. The number of carbonyl (C=O) groups is 3. The lowest BCUT2D eigenvalue weighted by atomic mass is 10.0. The number of piperidine rings is 1. The van der Waals surface area contributed by atoms with E-state index in [1.807, 2.05) is 17.9 Å². The van der Waals surface area contributed by atoms with Crippen molar-refractivity contribution in [3.8, 4) is 0 Å². The molecule has 0 aromatic heterocycles. The smallest absolute Gasteiger partial charge is 0.316 e. The first-order valence-corrected chi connectivity index (χ1v) is 9.74. The van der Waals surface area contributed by atoms with Gasteiger partial charge >= 0.3 is 6.03 Å². The third-order valence-corrected chi connectivity index (χ3v) is 5.18. The topological polar surface area (TPSA) is 105 Å². The molecule has 1 fully saturated rings. The molecule has 1 aliphatic heterocycles. The quantitative estimate of drug-likeness (QED) is 0.735. The Morgan fingerprint density at radius 3 is 2.52 bits per heavy atom. The van der Waals surface area contributed by atoms with Crippen molar-refractivity contribution >= 4 is 29.2 Å². The van der Waals surface area contributed by atoms with Crippen LogP contribution in [0, 0.1) is 6.92 Å². The highest BCUT2D eigenvalue weighted by Crippen LogP contribution is 2.23. The lowest BCUT2D eigenvalue weighted by Crippen LogP contribution is -2.42. The average Bonchev–Trinajstić information content (AvgIpc) is 2.69. The first-order chi connectivity index (χ1) is 13.8. The Bertz CT molecular complexity index is 941. The predicted octanol–water partition coefficient (Wildman–Crippen LogP) is 3.75. The zero-order valence-electron chi connectivity index (χ0n) is 16.7. The van der Waals surface area contributed by atoms with Crippen molar-refractivity contribution in [1.29, 1.82) is 0 Å². The van der Waals surface area contributed by atoms with E-state index in [1.54, 1.807) is 36.4 Å². The number of hydrogen-bond acceptors (Lipinski definition) is 3. The summed E-state index contributed by atoms with van der Waals surface area (Å²) in [7, 11) is 0. The summed E-state index contributed by atoms with van der Waals surface area (Å²) in [6.45, 7) is 4.73. The lowest BCUT2D eigenvalue weighted by Gasteiger charge is -2.33. The van der Waals surface area contributed by atoms with E-state index in [0.717, 1.165) is 31.4 Å². The van der Waals surface area contributed by atoms with Crippen molar-refractivity contribution in [2.75, 3.05) is 17.2 Å². The molecule has 152 valence electrons. The normalized spacial score (nSPS) is 16.2. The molecular formula is C22H26N4O3. The fraction of sp³-hybridized carbons (Fsp3) is 0.318. The molecule has 4 amide bonds. The predicted molar refractivity (Wildman–Crippen MR) is 113 cm³/mol. The van der Waals surface area contributed by atoms with Crippen molar-refractivity contribution in [2.45, 2.75) is 39.2 Å². The van der Waals surface area contributed by atoms with Crippen molar-refractivity contribution in [3.63, 3.8) is 0 Å². The summed E-state index contributed by atoms with van der Waals surface area (Å²) in [5.74, 6) is -0.284. The highest BCUT2D eigenvalue weighted by Gasteiger charge is 2.24. The third-order valence-electron chi connectivity index (χ3n) is 5.18. The van der Waals surface area contributed by atoms with Crippen LogP contribution < -0.4 is 16.4 Å². The second kappa shape index (κ2) is 8.77. The summed E-state index contributed by atoms with van der Waals surface area (Å²) in [4.78, 5) is 38.3. The summed E-state index contributed by atoms with van der Waals surface area (Å²) in [6.07, 6.45) is 3.22. The highest BCUT2D eigenvalue weighted by molar-refractivity contribution is 6.06. The van der Waals surface area contributed by atoms with Crippen LogP contribution in [0.4, 0.5) is 16.2 Å². The van der Waals surface area contributed by atoms with Gasteiger partial charge in [-0.15, -0.1) is 0 Å². The van der Waals surface area contributed by atoms with Gasteiger partial charge in [0.05, 0.1) is 0 Å². The van der Waals surface area contributed by atoms with Gasteiger partial charge in [-0.3, -0.25) is 9.59 Å². The minimum Gasteiger partial charge on any atom is -0.351 e. The first-order valence-electron chi connectivity index (χ1n) is 9.74. The number of likely N-dealkylation sites (tertiary alicyclic amines) is 1. The Balaban J connectivity index is 1.73. The van der Waals surface area contributed by atoms with Crippen LogP contribution in [0.25, 0.3) is 0 Å². The third kappa shape index (κ3) is 4.93. The largest absolute Gasteiger partial charge is 0.351 e. The Labute approximate surface area is 170 Å². The van der Waals surface area contributed by atoms with E-state index in [9.17, 15) is 14.4 Å². The van der Waals surface area contributed by atoms with Crippen molar-refractivity contribution in [1.82, 2.24) is 4.90 Å². The van der Waals surface area contributed by atoms with Gasteiger partial charge in [-0.05, 0) is 75.1 Å². The van der Waals surface area contributed by atoms with Crippen LogP contribution in [-0.4, -0.2) is 35.3 Å². The van der Waals surface area contributed by atoms with Gasteiger partial charge in [-0.1, -0.05) is 6.07 Å². The number of amides is 4. The summed E-state index contributed by atoms with van der Waals surface area (Å²) in [6, 6.07) is 11.4. The molecule has 0 radical (unpaired) electrons. The fourth-order valence-electron chi connectivity index (χ4n) is 3.58. The number of rotatable bonds is 4. The molecule has 1 aliphatic rings. The minimum atomic E-state index is -0.693. The molecule has 0 saturated carbocycles. The molecule has 2 aromatic rings. The van der Waals surface area contributed by atoms with Crippen LogP contribution in [0.1, 0.15) is 52.5 Å². The van der Waals surface area contributed by atoms with Crippen LogP contribution >= 0.6 is 0 Å². The van der Waals surface area contributed by atoms with Gasteiger partial charge in [-0.25, -0.2) is 4.79 Å². The Hall–Kier alpha value is -3.35. The average molecular weight is 394 g/mol. The molecule has 0 aliphatic carbocycles. The molecule has 0 spiro atoms. The number of urea groups is 1. The monoisotopic (exact) mass is 394 g/mol. The van der Waals surface area contributed by atoms with Gasteiger partial charge in [-0.2, -0.15) is 0 Å². The maximum atomic E-state index is 12.8. The fourth-order valence-corrected chi connectivity index (χ4v) is 3.58. The van der Waals surface area contributed by atoms with E-state index < -0.39 is 6.03 Å².